The largest absolute Gasteiger partial charge is 0.487 e. The molecule has 1 amide bonds. The molecule has 0 aliphatic carbocycles. The van der Waals surface area contributed by atoms with Crippen LogP contribution in [0.1, 0.15) is 22.8 Å². The van der Waals surface area contributed by atoms with Crippen molar-refractivity contribution in [2.45, 2.75) is 30.2 Å². The minimum absolute atomic E-state index is 0.0267. The first kappa shape index (κ1) is 23.8. The van der Waals surface area contributed by atoms with Crippen LogP contribution in [0.15, 0.2) is 47.4 Å². The number of benzene rings is 2. The summed E-state index contributed by atoms with van der Waals surface area (Å²) in [7, 11) is -3.59. The molecule has 0 aromatic heterocycles. The number of nitrogens with zero attached hydrogens (tertiary/aromatic N) is 1. The first-order chi connectivity index (χ1) is 14.9. The van der Waals surface area contributed by atoms with Crippen LogP contribution in [-0.2, 0) is 16.0 Å². The van der Waals surface area contributed by atoms with Gasteiger partial charge in [0.2, 0.25) is 0 Å². The number of carbonyl (C=O) groups is 1. The molecule has 32 heavy (non-hydrogen) atoms. The van der Waals surface area contributed by atoms with E-state index in [2.05, 4.69) is 0 Å². The second-order valence-electron chi connectivity index (χ2n) is 7.49. The van der Waals surface area contributed by atoms with E-state index in [0.29, 0.717) is 0 Å². The maximum atomic E-state index is 12.9. The van der Waals surface area contributed by atoms with Gasteiger partial charge in [0.05, 0.1) is 29.1 Å². The maximum absolute atomic E-state index is 12.9. The number of ether oxygens (including phenoxy) is 2. The van der Waals surface area contributed by atoms with E-state index in [1.54, 1.807) is 0 Å². The first-order valence-electron chi connectivity index (χ1n) is 9.58. The summed E-state index contributed by atoms with van der Waals surface area (Å²) in [6.07, 6.45) is -4.72. The lowest BCUT2D eigenvalue weighted by Gasteiger charge is -2.39. The van der Waals surface area contributed by atoms with Gasteiger partial charge in [-0.2, -0.15) is 13.2 Å². The van der Waals surface area contributed by atoms with E-state index in [0.717, 1.165) is 18.4 Å². The number of sulfone groups is 1. The Kier molecular flexibility index (Phi) is 6.68. The van der Waals surface area contributed by atoms with Gasteiger partial charge in [-0.1, -0.05) is 0 Å². The number of alkyl halides is 4. The van der Waals surface area contributed by atoms with Gasteiger partial charge >= 0.3 is 6.18 Å². The number of halogens is 4. The molecule has 2 aromatic rings. The Morgan fingerprint density at radius 2 is 1.78 bits per heavy atom. The van der Waals surface area contributed by atoms with Gasteiger partial charge in [-0.25, -0.2) is 12.8 Å². The quantitative estimate of drug-likeness (QED) is 0.571. The number of carbonyl (C=O) groups excluding carboxylic acids is 1. The van der Waals surface area contributed by atoms with Crippen LogP contribution < -0.4 is 9.47 Å². The summed E-state index contributed by atoms with van der Waals surface area (Å²) in [6, 6.07) is 7.99. The monoisotopic (exact) mass is 475 g/mol. The molecule has 3 rings (SSSR count). The predicted octanol–water partition coefficient (Wildman–Crippen LogP) is 3.75. The molecule has 0 N–H and O–H groups in total. The Labute approximate surface area is 182 Å². The van der Waals surface area contributed by atoms with E-state index in [1.165, 1.54) is 42.2 Å². The molecule has 2 aromatic carbocycles. The molecule has 1 fully saturated rings. The minimum atomic E-state index is -4.45. The first-order valence-corrected chi connectivity index (χ1v) is 11.5. The molecule has 0 unspecified atom stereocenters. The normalized spacial score (nSPS) is 15.8. The molecule has 11 heteroatoms. The number of hydrogen-bond acceptors (Lipinski definition) is 5. The highest BCUT2D eigenvalue weighted by Crippen LogP contribution is 2.31. The van der Waals surface area contributed by atoms with Gasteiger partial charge in [0.25, 0.3) is 5.91 Å². The summed E-state index contributed by atoms with van der Waals surface area (Å²) in [4.78, 5) is 14.2. The fraction of sp³-hybridized carbons (Fsp3) is 0.381. The molecule has 1 saturated heterocycles. The molecule has 1 aliphatic heterocycles. The molecule has 1 atom stereocenters. The van der Waals surface area contributed by atoms with Crippen molar-refractivity contribution < 1.29 is 40.2 Å². The molecule has 0 spiro atoms. The molecule has 0 bridgehead atoms. The summed E-state index contributed by atoms with van der Waals surface area (Å²) in [5, 5.41) is 0. The summed E-state index contributed by atoms with van der Waals surface area (Å²) in [5.74, 6) is -0.238. The Hall–Kier alpha value is -2.82. The fourth-order valence-corrected chi connectivity index (χ4v) is 3.67. The van der Waals surface area contributed by atoms with Crippen molar-refractivity contribution in [2.24, 2.45) is 0 Å². The van der Waals surface area contributed by atoms with E-state index < -0.39 is 46.4 Å². The van der Waals surface area contributed by atoms with Gasteiger partial charge in [-0.3, -0.25) is 4.79 Å². The van der Waals surface area contributed by atoms with Gasteiger partial charge in [-0.15, -0.1) is 0 Å². The maximum Gasteiger partial charge on any atom is 0.416 e. The molecule has 174 valence electrons. The van der Waals surface area contributed by atoms with Gasteiger partial charge in [0, 0.05) is 6.26 Å². The third kappa shape index (κ3) is 5.50. The zero-order chi connectivity index (χ0) is 23.7. The number of rotatable bonds is 7. The predicted molar refractivity (Wildman–Crippen MR) is 107 cm³/mol. The zero-order valence-corrected chi connectivity index (χ0v) is 18.0. The third-order valence-corrected chi connectivity index (χ3v) is 5.88. The average Bonchev–Trinajstić information content (AvgIpc) is 2.69. The van der Waals surface area contributed by atoms with Crippen molar-refractivity contribution in [3.8, 4) is 11.5 Å². The second-order valence-corrected chi connectivity index (χ2v) is 9.50. The third-order valence-electron chi connectivity index (χ3n) is 4.77. The lowest BCUT2D eigenvalue weighted by atomic mass is 10.1. The molecule has 0 radical (unpaired) electrons. The van der Waals surface area contributed by atoms with Crippen LogP contribution in [0.3, 0.4) is 0 Å². The van der Waals surface area contributed by atoms with Crippen LogP contribution in [-0.4, -0.2) is 57.5 Å². The van der Waals surface area contributed by atoms with E-state index >= 15 is 0 Å². The summed E-state index contributed by atoms with van der Waals surface area (Å²) in [5.41, 5.74) is -0.822. The smallest absolute Gasteiger partial charge is 0.416 e. The Bertz CT molecular complexity index is 1080. The molecule has 6 nitrogen and oxygen atoms in total. The number of hydrogen-bond donors (Lipinski definition) is 0. The van der Waals surface area contributed by atoms with Gasteiger partial charge in [0.15, 0.2) is 9.84 Å². The second kappa shape index (κ2) is 8.97. The van der Waals surface area contributed by atoms with Crippen molar-refractivity contribution in [1.82, 2.24) is 4.90 Å². The highest BCUT2D eigenvalue weighted by atomic mass is 32.2. The van der Waals surface area contributed by atoms with Crippen LogP contribution in [0.2, 0.25) is 0 Å². The lowest BCUT2D eigenvalue weighted by Crippen LogP contribution is -2.56. The topological polar surface area (TPSA) is 72.9 Å². The van der Waals surface area contributed by atoms with Gasteiger partial charge in [-0.05, 0) is 49.4 Å². The zero-order valence-electron chi connectivity index (χ0n) is 17.2. The van der Waals surface area contributed by atoms with Crippen molar-refractivity contribution >= 4 is 15.7 Å². The standard InChI is InChI=1S/C21H21F4NO5S/c1-13(10-22)30-19-8-7-17(32(2,28)29)9-18(19)20(27)26-11-16(12-26)31-15-5-3-14(4-6-15)21(23,24)25/h3-9,13,16H,10-12H2,1-2H3/t13-/m0/s1. The van der Waals surface area contributed by atoms with E-state index in [-0.39, 0.29) is 35.0 Å². The van der Waals surface area contributed by atoms with E-state index in [9.17, 15) is 30.8 Å². The average molecular weight is 475 g/mol. The van der Waals surface area contributed by atoms with Crippen molar-refractivity contribution in [3.63, 3.8) is 0 Å². The van der Waals surface area contributed by atoms with Crippen LogP contribution >= 0.6 is 0 Å². The minimum Gasteiger partial charge on any atom is -0.487 e. The van der Waals surface area contributed by atoms with Crippen LogP contribution in [0.25, 0.3) is 0 Å². The molecule has 1 aliphatic rings. The molecular weight excluding hydrogens is 454 g/mol. The van der Waals surface area contributed by atoms with Crippen molar-refractivity contribution in [3.05, 3.63) is 53.6 Å². The number of likely N-dealkylation sites (tertiary alicyclic amines) is 1. The van der Waals surface area contributed by atoms with Crippen LogP contribution in [0.5, 0.6) is 11.5 Å². The fourth-order valence-electron chi connectivity index (χ4n) is 3.02. The van der Waals surface area contributed by atoms with Crippen molar-refractivity contribution in [2.75, 3.05) is 26.0 Å². The summed E-state index contributed by atoms with van der Waals surface area (Å²) < 4.78 is 85.6. The van der Waals surface area contributed by atoms with Gasteiger partial charge in [0.1, 0.15) is 30.4 Å². The molecule has 1 heterocycles. The molecule has 0 saturated carbocycles. The van der Waals surface area contributed by atoms with Crippen LogP contribution in [0, 0.1) is 0 Å². The highest BCUT2D eigenvalue weighted by Gasteiger charge is 2.35. The summed E-state index contributed by atoms with van der Waals surface area (Å²) >= 11 is 0. The Morgan fingerprint density at radius 1 is 1.16 bits per heavy atom. The summed E-state index contributed by atoms with van der Waals surface area (Å²) in [6.45, 7) is 0.951. The number of amides is 1. The Morgan fingerprint density at radius 3 is 2.31 bits per heavy atom. The van der Waals surface area contributed by atoms with Gasteiger partial charge < -0.3 is 14.4 Å². The lowest BCUT2D eigenvalue weighted by molar-refractivity contribution is -0.137. The SMILES string of the molecule is C[C@@H](CF)Oc1ccc(S(C)(=O)=O)cc1C(=O)N1CC(Oc2ccc(C(F)(F)F)cc2)C1. The van der Waals surface area contributed by atoms with E-state index in [1.807, 2.05) is 0 Å². The molecular formula is C21H21F4NO5S. The van der Waals surface area contributed by atoms with Crippen LogP contribution in [0.4, 0.5) is 17.6 Å². The highest BCUT2D eigenvalue weighted by molar-refractivity contribution is 7.90. The Balaban J connectivity index is 1.70. The van der Waals surface area contributed by atoms with Crippen molar-refractivity contribution in [1.29, 1.82) is 0 Å². The van der Waals surface area contributed by atoms with E-state index in [4.69, 9.17) is 9.47 Å².